The molecule has 0 amide bonds. The Labute approximate surface area is 131 Å². The van der Waals surface area contributed by atoms with Gasteiger partial charge in [-0.25, -0.2) is 4.79 Å². The third-order valence-electron chi connectivity index (χ3n) is 2.95. The third kappa shape index (κ3) is 2.30. The van der Waals surface area contributed by atoms with Crippen LogP contribution < -0.4 is 4.74 Å². The van der Waals surface area contributed by atoms with Crippen LogP contribution in [0.25, 0.3) is 0 Å². The summed E-state index contributed by atoms with van der Waals surface area (Å²) < 4.78 is 10.9. The first kappa shape index (κ1) is 14.8. The molecule has 102 valence electrons. The van der Waals surface area contributed by atoms with Crippen LogP contribution >= 0.6 is 43.5 Å². The highest BCUT2D eigenvalue weighted by Gasteiger charge is 2.53. The number of carbonyl (C=O) groups excluding carboxylic acids is 2. The van der Waals surface area contributed by atoms with Crippen LogP contribution in [0.4, 0.5) is 0 Å². The summed E-state index contributed by atoms with van der Waals surface area (Å²) in [5, 5.41) is 0.496. The summed E-state index contributed by atoms with van der Waals surface area (Å²) >= 11 is 12.4. The van der Waals surface area contributed by atoms with Crippen molar-refractivity contribution < 1.29 is 19.1 Å². The Kier molecular flexibility index (Phi) is 4.23. The zero-order chi connectivity index (χ0) is 14.2. The second kappa shape index (κ2) is 5.42. The molecule has 1 aliphatic rings. The minimum Gasteiger partial charge on any atom is -0.467 e. The molecule has 1 aromatic rings. The predicted octanol–water partition coefficient (Wildman–Crippen LogP) is 2.91. The Morgan fingerprint density at radius 1 is 1.53 bits per heavy atom. The second-order valence-corrected chi connectivity index (χ2v) is 5.75. The summed E-state index contributed by atoms with van der Waals surface area (Å²) in [5.41, 5.74) is -0.944. The number of hydrogen-bond donors (Lipinski definition) is 0. The largest absolute Gasteiger partial charge is 0.467 e. The smallest absolute Gasteiger partial charge is 0.358 e. The summed E-state index contributed by atoms with van der Waals surface area (Å²) in [6, 6.07) is 3.27. The molecular formula is C12H9Br2ClO4. The number of ether oxygens (including phenoxy) is 2. The van der Waals surface area contributed by atoms with E-state index in [1.807, 2.05) is 0 Å². The predicted molar refractivity (Wildman–Crippen MR) is 77.0 cm³/mol. The first-order valence-electron chi connectivity index (χ1n) is 5.30. The van der Waals surface area contributed by atoms with Crippen molar-refractivity contribution in [1.82, 2.24) is 0 Å². The Balaban J connectivity index is 2.51. The van der Waals surface area contributed by atoms with Crippen molar-refractivity contribution >= 4 is 55.2 Å². The van der Waals surface area contributed by atoms with Crippen molar-refractivity contribution in [1.29, 1.82) is 0 Å². The molecule has 0 aromatic heterocycles. The van der Waals surface area contributed by atoms with Crippen molar-refractivity contribution in [2.75, 3.05) is 12.4 Å². The van der Waals surface area contributed by atoms with Crippen LogP contribution in [-0.2, 0) is 20.7 Å². The maximum absolute atomic E-state index is 12.1. The second-order valence-electron chi connectivity index (χ2n) is 3.99. The number of benzene rings is 1. The minimum atomic E-state index is -1.63. The van der Waals surface area contributed by atoms with E-state index in [1.54, 1.807) is 12.1 Å². The lowest BCUT2D eigenvalue weighted by atomic mass is 9.93. The summed E-state index contributed by atoms with van der Waals surface area (Å²) in [4.78, 5) is 24.0. The van der Waals surface area contributed by atoms with Gasteiger partial charge in [-0.05, 0) is 28.1 Å². The highest BCUT2D eigenvalue weighted by molar-refractivity contribution is 9.10. The first-order valence-corrected chi connectivity index (χ1v) is 7.59. The SMILES string of the molecule is COC(=O)C1(C(=O)CBr)Cc2c(ccc(Cl)c2Br)O1. The maximum Gasteiger partial charge on any atom is 0.358 e. The normalized spacial score (nSPS) is 20.6. The number of methoxy groups -OCH3 is 1. The van der Waals surface area contributed by atoms with E-state index in [9.17, 15) is 9.59 Å². The fourth-order valence-corrected chi connectivity index (χ4v) is 3.06. The van der Waals surface area contributed by atoms with Gasteiger partial charge in [-0.2, -0.15) is 0 Å². The molecule has 1 unspecified atom stereocenters. The number of ketones is 1. The van der Waals surface area contributed by atoms with Crippen molar-refractivity contribution in [3.05, 3.63) is 27.2 Å². The van der Waals surface area contributed by atoms with Gasteiger partial charge in [-0.1, -0.05) is 27.5 Å². The molecule has 2 rings (SSSR count). The fourth-order valence-electron chi connectivity index (χ4n) is 1.96. The molecule has 19 heavy (non-hydrogen) atoms. The lowest BCUT2D eigenvalue weighted by Crippen LogP contribution is -2.52. The molecule has 0 N–H and O–H groups in total. The van der Waals surface area contributed by atoms with E-state index in [0.29, 0.717) is 20.8 Å². The molecule has 1 aliphatic heterocycles. The Morgan fingerprint density at radius 3 is 2.79 bits per heavy atom. The van der Waals surface area contributed by atoms with Gasteiger partial charge in [0.05, 0.1) is 17.5 Å². The van der Waals surface area contributed by atoms with E-state index in [4.69, 9.17) is 21.1 Å². The number of alkyl halides is 1. The van der Waals surface area contributed by atoms with Crippen LogP contribution in [0.1, 0.15) is 5.56 Å². The number of esters is 1. The lowest BCUT2D eigenvalue weighted by molar-refractivity contribution is -0.162. The van der Waals surface area contributed by atoms with E-state index >= 15 is 0 Å². The number of hydrogen-bond acceptors (Lipinski definition) is 4. The number of rotatable bonds is 3. The summed E-state index contributed by atoms with van der Waals surface area (Å²) in [5.74, 6) is -0.647. The van der Waals surface area contributed by atoms with Gasteiger partial charge in [-0.3, -0.25) is 4.79 Å². The standard InChI is InChI=1S/C12H9Br2ClO4/c1-18-11(17)12(9(16)5-13)4-6-8(19-12)3-2-7(15)10(6)14/h2-3H,4-5H2,1H3. The van der Waals surface area contributed by atoms with Crippen LogP contribution in [0.15, 0.2) is 16.6 Å². The van der Waals surface area contributed by atoms with Gasteiger partial charge in [0.2, 0.25) is 0 Å². The zero-order valence-electron chi connectivity index (χ0n) is 9.84. The first-order chi connectivity index (χ1) is 8.96. The zero-order valence-corrected chi connectivity index (χ0v) is 13.8. The molecule has 1 heterocycles. The van der Waals surface area contributed by atoms with Crippen LogP contribution in [0.5, 0.6) is 5.75 Å². The van der Waals surface area contributed by atoms with Gasteiger partial charge in [-0.15, -0.1) is 0 Å². The van der Waals surface area contributed by atoms with Crippen LogP contribution in [-0.4, -0.2) is 29.8 Å². The monoisotopic (exact) mass is 410 g/mol. The molecular weight excluding hydrogens is 403 g/mol. The maximum atomic E-state index is 12.1. The van der Waals surface area contributed by atoms with Crippen LogP contribution in [0, 0.1) is 0 Å². The number of fused-ring (bicyclic) bond motifs is 1. The van der Waals surface area contributed by atoms with Gasteiger partial charge >= 0.3 is 5.97 Å². The molecule has 1 atom stereocenters. The quantitative estimate of drug-likeness (QED) is 0.435. The molecule has 0 bridgehead atoms. The van der Waals surface area contributed by atoms with E-state index in [0.717, 1.165) is 0 Å². The van der Waals surface area contributed by atoms with Crippen LogP contribution in [0.3, 0.4) is 0 Å². The lowest BCUT2D eigenvalue weighted by Gasteiger charge is -2.23. The topological polar surface area (TPSA) is 52.6 Å². The Bertz CT molecular complexity index is 543. The molecule has 1 aromatic carbocycles. The van der Waals surface area contributed by atoms with Crippen molar-refractivity contribution in [2.45, 2.75) is 12.0 Å². The molecule has 0 radical (unpaired) electrons. The molecule has 0 fully saturated rings. The molecule has 7 heteroatoms. The number of halogens is 3. The molecule has 4 nitrogen and oxygen atoms in total. The molecule has 0 saturated heterocycles. The van der Waals surface area contributed by atoms with Gasteiger partial charge in [0, 0.05) is 16.5 Å². The highest BCUT2D eigenvalue weighted by atomic mass is 79.9. The van der Waals surface area contributed by atoms with E-state index in [2.05, 4.69) is 31.9 Å². The fraction of sp³-hybridized carbons (Fsp3) is 0.333. The van der Waals surface area contributed by atoms with E-state index in [-0.39, 0.29) is 11.8 Å². The van der Waals surface area contributed by atoms with E-state index in [1.165, 1.54) is 7.11 Å². The average molecular weight is 412 g/mol. The van der Waals surface area contributed by atoms with Gasteiger partial charge in [0.1, 0.15) is 5.75 Å². The van der Waals surface area contributed by atoms with Gasteiger partial charge < -0.3 is 9.47 Å². The molecule has 0 aliphatic carbocycles. The summed E-state index contributed by atoms with van der Waals surface area (Å²) in [6.07, 6.45) is 0.0978. The van der Waals surface area contributed by atoms with Gasteiger partial charge in [0.15, 0.2) is 5.78 Å². The number of Topliss-reactive ketones (excluding diaryl/α,β-unsaturated/α-hetero) is 1. The number of carbonyl (C=O) groups is 2. The summed E-state index contributed by atoms with van der Waals surface area (Å²) in [6.45, 7) is 0. The van der Waals surface area contributed by atoms with E-state index < -0.39 is 17.4 Å². The Morgan fingerprint density at radius 2 is 2.21 bits per heavy atom. The third-order valence-corrected chi connectivity index (χ3v) is 4.91. The molecule has 0 spiro atoms. The minimum absolute atomic E-state index is 0.00143. The summed E-state index contributed by atoms with van der Waals surface area (Å²) in [7, 11) is 1.22. The van der Waals surface area contributed by atoms with Crippen molar-refractivity contribution in [3.8, 4) is 5.75 Å². The Hall–Kier alpha value is -0.590. The van der Waals surface area contributed by atoms with Crippen molar-refractivity contribution in [2.24, 2.45) is 0 Å². The molecule has 0 saturated carbocycles. The van der Waals surface area contributed by atoms with Crippen LogP contribution in [0.2, 0.25) is 5.02 Å². The van der Waals surface area contributed by atoms with Crippen molar-refractivity contribution in [3.63, 3.8) is 0 Å². The highest BCUT2D eigenvalue weighted by Crippen LogP contribution is 2.43. The average Bonchev–Trinajstić information content (AvgIpc) is 2.82. The van der Waals surface area contributed by atoms with Gasteiger partial charge in [0.25, 0.3) is 5.60 Å².